The van der Waals surface area contributed by atoms with Crippen LogP contribution in [-0.2, 0) is 0 Å². The molecule has 0 bridgehead atoms. The summed E-state index contributed by atoms with van der Waals surface area (Å²) in [5.74, 6) is -0.905. The average Bonchev–Trinajstić information content (AvgIpc) is 3.17. The number of halogens is 2. The number of rotatable bonds is 7. The van der Waals surface area contributed by atoms with Gasteiger partial charge in [0.05, 0.1) is 16.8 Å². The van der Waals surface area contributed by atoms with Crippen molar-refractivity contribution in [3.05, 3.63) is 81.9 Å². The Kier molecular flexibility index (Phi) is 6.76. The van der Waals surface area contributed by atoms with Gasteiger partial charge in [-0.05, 0) is 31.0 Å². The van der Waals surface area contributed by atoms with E-state index in [9.17, 15) is 14.0 Å². The number of ketones is 1. The normalized spacial score (nSPS) is 11.0. The molecule has 0 aliphatic heterocycles. The zero-order valence-corrected chi connectivity index (χ0v) is 19.4. The molecule has 1 N–H and O–H groups in total. The summed E-state index contributed by atoms with van der Waals surface area (Å²) in [6, 6.07) is 11.1. The number of nitrogens with zero attached hydrogens (tertiary/aromatic N) is 2. The SMILES string of the molecule is CCCSc1ncc(Cl)c(C(=O)Nc2oc3ccccc3c2C(=O)c2ccc(C)c(F)c2)n1. The fourth-order valence-electron chi connectivity index (χ4n) is 3.17. The van der Waals surface area contributed by atoms with E-state index in [2.05, 4.69) is 15.3 Å². The monoisotopic (exact) mass is 483 g/mol. The van der Waals surface area contributed by atoms with Crippen LogP contribution in [0.25, 0.3) is 11.0 Å². The number of hydrogen-bond donors (Lipinski definition) is 1. The van der Waals surface area contributed by atoms with Crippen LogP contribution in [0.3, 0.4) is 0 Å². The summed E-state index contributed by atoms with van der Waals surface area (Å²) in [5, 5.41) is 3.59. The van der Waals surface area contributed by atoms with Gasteiger partial charge in [0, 0.05) is 16.7 Å². The van der Waals surface area contributed by atoms with Gasteiger partial charge in [-0.25, -0.2) is 14.4 Å². The Morgan fingerprint density at radius 2 is 2.00 bits per heavy atom. The van der Waals surface area contributed by atoms with E-state index in [1.54, 1.807) is 31.2 Å². The molecule has 4 aromatic rings. The van der Waals surface area contributed by atoms with E-state index in [-0.39, 0.29) is 27.7 Å². The highest BCUT2D eigenvalue weighted by atomic mass is 35.5. The number of carbonyl (C=O) groups excluding carboxylic acids is 2. The first-order chi connectivity index (χ1) is 15.9. The predicted octanol–water partition coefficient (Wildman–Crippen LogP) is 6.31. The third kappa shape index (κ3) is 4.77. The van der Waals surface area contributed by atoms with Crippen LogP contribution in [0.2, 0.25) is 5.02 Å². The number of fused-ring (bicyclic) bond motifs is 1. The molecule has 0 fully saturated rings. The van der Waals surface area contributed by atoms with Crippen molar-refractivity contribution in [2.24, 2.45) is 0 Å². The van der Waals surface area contributed by atoms with Crippen molar-refractivity contribution < 1.29 is 18.4 Å². The van der Waals surface area contributed by atoms with Gasteiger partial charge in [0.15, 0.2) is 16.6 Å². The summed E-state index contributed by atoms with van der Waals surface area (Å²) in [6.07, 6.45) is 2.28. The second-order valence-corrected chi connectivity index (χ2v) is 8.72. The fourth-order valence-corrected chi connectivity index (χ4v) is 4.02. The van der Waals surface area contributed by atoms with Crippen molar-refractivity contribution in [2.75, 3.05) is 11.1 Å². The molecule has 0 spiro atoms. The molecule has 0 saturated carbocycles. The Labute approximate surface area is 198 Å². The lowest BCUT2D eigenvalue weighted by molar-refractivity contribution is 0.101. The highest BCUT2D eigenvalue weighted by Crippen LogP contribution is 2.33. The molecule has 2 heterocycles. The van der Waals surface area contributed by atoms with Gasteiger partial charge in [-0.3, -0.25) is 14.9 Å². The van der Waals surface area contributed by atoms with Gasteiger partial charge in [0.2, 0.25) is 5.88 Å². The average molecular weight is 484 g/mol. The van der Waals surface area contributed by atoms with Crippen LogP contribution >= 0.6 is 23.4 Å². The zero-order chi connectivity index (χ0) is 23.5. The lowest BCUT2D eigenvalue weighted by atomic mass is 10.0. The van der Waals surface area contributed by atoms with Crippen LogP contribution in [0.5, 0.6) is 0 Å². The first-order valence-electron chi connectivity index (χ1n) is 10.2. The molecule has 0 aliphatic carbocycles. The number of aromatic nitrogens is 2. The third-order valence-corrected chi connectivity index (χ3v) is 6.20. The van der Waals surface area contributed by atoms with Gasteiger partial charge < -0.3 is 4.42 Å². The smallest absolute Gasteiger partial charge is 0.278 e. The first-order valence-corrected chi connectivity index (χ1v) is 11.5. The minimum absolute atomic E-state index is 0.0366. The quantitative estimate of drug-likeness (QED) is 0.188. The molecular formula is C24H19ClFN3O3S. The van der Waals surface area contributed by atoms with Gasteiger partial charge in [-0.15, -0.1) is 0 Å². The number of nitrogens with one attached hydrogen (secondary N) is 1. The van der Waals surface area contributed by atoms with E-state index in [0.29, 0.717) is 21.7 Å². The highest BCUT2D eigenvalue weighted by Gasteiger charge is 2.25. The van der Waals surface area contributed by atoms with Crippen LogP contribution < -0.4 is 5.32 Å². The third-order valence-electron chi connectivity index (χ3n) is 4.86. The standard InChI is InChI=1S/C24H19ClFN3O3S/c1-3-10-33-24-27-12-16(25)20(28-24)22(31)29-23-19(15-6-4-5-7-18(15)32-23)21(30)14-9-8-13(2)17(26)11-14/h4-9,11-12H,3,10H2,1-2H3,(H,29,31). The van der Waals surface area contributed by atoms with Crippen molar-refractivity contribution in [3.63, 3.8) is 0 Å². The lowest BCUT2D eigenvalue weighted by Gasteiger charge is -2.08. The van der Waals surface area contributed by atoms with E-state index in [1.807, 2.05) is 6.92 Å². The molecule has 4 rings (SSSR count). The molecule has 1 amide bonds. The fraction of sp³-hybridized carbons (Fsp3) is 0.167. The van der Waals surface area contributed by atoms with Crippen molar-refractivity contribution in [2.45, 2.75) is 25.4 Å². The van der Waals surface area contributed by atoms with Crippen LogP contribution in [0.1, 0.15) is 45.3 Å². The number of thioether (sulfide) groups is 1. The minimum atomic E-state index is -0.649. The molecule has 0 saturated heterocycles. The maximum absolute atomic E-state index is 14.1. The van der Waals surface area contributed by atoms with E-state index in [4.69, 9.17) is 16.0 Å². The summed E-state index contributed by atoms with van der Waals surface area (Å²) in [4.78, 5) is 34.7. The highest BCUT2D eigenvalue weighted by molar-refractivity contribution is 7.99. The van der Waals surface area contributed by atoms with Crippen molar-refractivity contribution in [1.29, 1.82) is 0 Å². The molecule has 168 valence electrons. The topological polar surface area (TPSA) is 85.1 Å². The Balaban J connectivity index is 1.74. The largest absolute Gasteiger partial charge is 0.439 e. The molecule has 0 aliphatic rings. The summed E-state index contributed by atoms with van der Waals surface area (Å²) >= 11 is 7.57. The molecule has 2 aromatic carbocycles. The molecular weight excluding hydrogens is 465 g/mol. The molecule has 0 atom stereocenters. The number of hydrogen-bond acceptors (Lipinski definition) is 6. The Morgan fingerprint density at radius 3 is 2.76 bits per heavy atom. The number of anilines is 1. The molecule has 0 radical (unpaired) electrons. The van der Waals surface area contributed by atoms with Crippen molar-refractivity contribution in [1.82, 2.24) is 9.97 Å². The first kappa shape index (κ1) is 22.9. The van der Waals surface area contributed by atoms with E-state index in [0.717, 1.165) is 12.2 Å². The van der Waals surface area contributed by atoms with Gasteiger partial charge in [-0.1, -0.05) is 60.6 Å². The predicted molar refractivity (Wildman–Crippen MR) is 127 cm³/mol. The van der Waals surface area contributed by atoms with E-state index in [1.165, 1.54) is 36.2 Å². The number of para-hydroxylation sites is 1. The second-order valence-electron chi connectivity index (χ2n) is 7.25. The Hall–Kier alpha value is -3.23. The summed E-state index contributed by atoms with van der Waals surface area (Å²) in [5.41, 5.74) is 1.04. The minimum Gasteiger partial charge on any atom is -0.439 e. The number of furan rings is 1. The van der Waals surface area contributed by atoms with E-state index >= 15 is 0 Å². The van der Waals surface area contributed by atoms with Crippen LogP contribution in [-0.4, -0.2) is 27.4 Å². The van der Waals surface area contributed by atoms with Gasteiger partial charge in [-0.2, -0.15) is 0 Å². The summed E-state index contributed by atoms with van der Waals surface area (Å²) < 4.78 is 19.9. The van der Waals surface area contributed by atoms with E-state index < -0.39 is 17.5 Å². The number of benzene rings is 2. The van der Waals surface area contributed by atoms with Gasteiger partial charge >= 0.3 is 0 Å². The van der Waals surface area contributed by atoms with Gasteiger partial charge in [0.25, 0.3) is 5.91 Å². The Morgan fingerprint density at radius 1 is 1.21 bits per heavy atom. The van der Waals surface area contributed by atoms with Crippen LogP contribution in [0.15, 0.2) is 58.2 Å². The zero-order valence-electron chi connectivity index (χ0n) is 17.8. The molecule has 6 nitrogen and oxygen atoms in total. The lowest BCUT2D eigenvalue weighted by Crippen LogP contribution is -2.17. The summed E-state index contributed by atoms with van der Waals surface area (Å²) in [7, 11) is 0. The molecule has 33 heavy (non-hydrogen) atoms. The summed E-state index contributed by atoms with van der Waals surface area (Å²) in [6.45, 7) is 3.64. The number of amides is 1. The molecule has 2 aromatic heterocycles. The van der Waals surface area contributed by atoms with Gasteiger partial charge in [0.1, 0.15) is 11.4 Å². The second kappa shape index (κ2) is 9.72. The molecule has 9 heteroatoms. The number of carbonyl (C=O) groups is 2. The van der Waals surface area contributed by atoms with Crippen LogP contribution in [0.4, 0.5) is 10.3 Å². The molecule has 0 unspecified atom stereocenters. The van der Waals surface area contributed by atoms with Crippen molar-refractivity contribution >= 4 is 51.9 Å². The Bertz CT molecular complexity index is 1370. The number of aryl methyl sites for hydroxylation is 1. The maximum Gasteiger partial charge on any atom is 0.278 e. The van der Waals surface area contributed by atoms with Crippen LogP contribution in [0, 0.1) is 12.7 Å². The maximum atomic E-state index is 14.1. The van der Waals surface area contributed by atoms with Crippen molar-refractivity contribution in [3.8, 4) is 0 Å².